The van der Waals surface area contributed by atoms with E-state index >= 15 is 0 Å². The van der Waals surface area contributed by atoms with Gasteiger partial charge in [-0.25, -0.2) is 8.42 Å². The number of benzene rings is 2. The molecule has 0 aliphatic carbocycles. The number of nitrogens with one attached hydrogen (secondary N) is 1. The highest BCUT2D eigenvalue weighted by molar-refractivity contribution is 7.92. The molecule has 2 aromatic carbocycles. The van der Waals surface area contributed by atoms with Crippen molar-refractivity contribution in [1.29, 1.82) is 0 Å². The quantitative estimate of drug-likeness (QED) is 0.550. The van der Waals surface area contributed by atoms with Crippen molar-refractivity contribution < 1.29 is 17.9 Å². The van der Waals surface area contributed by atoms with Gasteiger partial charge < -0.3 is 4.74 Å². The SMILES string of the molecule is CCC(C(=O)Nc1nnc(-c2ccc(OC)cc2)s1)N(c1cccc(C)c1)S(C)(=O)=O. The first kappa shape index (κ1) is 22.7. The molecule has 1 amide bonds. The number of aromatic nitrogens is 2. The Morgan fingerprint density at radius 1 is 1.19 bits per heavy atom. The zero-order valence-electron chi connectivity index (χ0n) is 17.7. The van der Waals surface area contributed by atoms with Gasteiger partial charge in [0.15, 0.2) is 0 Å². The molecule has 0 radical (unpaired) electrons. The fraction of sp³-hybridized carbons (Fsp3) is 0.286. The van der Waals surface area contributed by atoms with Crippen LogP contribution in [0.1, 0.15) is 18.9 Å². The van der Waals surface area contributed by atoms with Crippen molar-refractivity contribution in [3.8, 4) is 16.3 Å². The summed E-state index contributed by atoms with van der Waals surface area (Å²) >= 11 is 1.21. The van der Waals surface area contributed by atoms with E-state index in [1.807, 2.05) is 37.3 Å². The van der Waals surface area contributed by atoms with Crippen molar-refractivity contribution in [2.24, 2.45) is 0 Å². The highest BCUT2D eigenvalue weighted by Crippen LogP contribution is 2.29. The Morgan fingerprint density at radius 3 is 2.48 bits per heavy atom. The zero-order valence-corrected chi connectivity index (χ0v) is 19.3. The van der Waals surface area contributed by atoms with E-state index in [0.717, 1.165) is 27.4 Å². The van der Waals surface area contributed by atoms with Crippen molar-refractivity contribution in [1.82, 2.24) is 10.2 Å². The van der Waals surface area contributed by atoms with E-state index in [1.165, 1.54) is 11.3 Å². The van der Waals surface area contributed by atoms with Crippen LogP contribution in [0.2, 0.25) is 0 Å². The monoisotopic (exact) mass is 460 g/mol. The predicted molar refractivity (Wildman–Crippen MR) is 123 cm³/mol. The van der Waals surface area contributed by atoms with Crippen molar-refractivity contribution in [2.45, 2.75) is 26.3 Å². The minimum absolute atomic E-state index is 0.289. The first-order chi connectivity index (χ1) is 14.7. The number of nitrogens with zero attached hydrogens (tertiary/aromatic N) is 3. The summed E-state index contributed by atoms with van der Waals surface area (Å²) in [6, 6.07) is 13.4. The summed E-state index contributed by atoms with van der Waals surface area (Å²) in [5, 5.41) is 11.8. The molecular formula is C21H24N4O4S2. The van der Waals surface area contributed by atoms with E-state index < -0.39 is 22.0 Å². The summed E-state index contributed by atoms with van der Waals surface area (Å²) in [6.07, 6.45) is 1.38. The molecule has 3 aromatic rings. The van der Waals surface area contributed by atoms with Gasteiger partial charge in [-0.15, -0.1) is 10.2 Å². The number of hydrogen-bond acceptors (Lipinski definition) is 7. The van der Waals surface area contributed by atoms with Crippen LogP contribution in [-0.2, 0) is 14.8 Å². The van der Waals surface area contributed by atoms with Gasteiger partial charge in [-0.2, -0.15) is 0 Å². The molecule has 0 fully saturated rings. The van der Waals surface area contributed by atoms with E-state index in [4.69, 9.17) is 4.74 Å². The zero-order chi connectivity index (χ0) is 22.6. The number of methoxy groups -OCH3 is 1. The van der Waals surface area contributed by atoms with Gasteiger partial charge in [0.05, 0.1) is 19.1 Å². The lowest BCUT2D eigenvalue weighted by molar-refractivity contribution is -0.117. The van der Waals surface area contributed by atoms with Gasteiger partial charge in [-0.3, -0.25) is 14.4 Å². The smallest absolute Gasteiger partial charge is 0.250 e. The van der Waals surface area contributed by atoms with Gasteiger partial charge in [0, 0.05) is 5.56 Å². The molecule has 0 saturated heterocycles. The fourth-order valence-electron chi connectivity index (χ4n) is 3.14. The van der Waals surface area contributed by atoms with Crippen LogP contribution in [0.15, 0.2) is 48.5 Å². The maximum atomic E-state index is 13.0. The number of aryl methyl sites for hydroxylation is 1. The Morgan fingerprint density at radius 2 is 1.90 bits per heavy atom. The molecule has 3 rings (SSSR count). The second-order valence-corrected chi connectivity index (χ2v) is 9.79. The van der Waals surface area contributed by atoms with Gasteiger partial charge in [0.1, 0.15) is 16.8 Å². The van der Waals surface area contributed by atoms with Crippen LogP contribution >= 0.6 is 11.3 Å². The molecule has 0 aliphatic rings. The standard InChI is InChI=1S/C21H24N4O4S2/c1-5-18(25(31(4,27)28)16-8-6-7-14(2)13-16)19(26)22-21-24-23-20(30-21)15-9-11-17(29-3)12-10-15/h6-13,18H,5H2,1-4H3,(H,22,24,26). The molecule has 1 N–H and O–H groups in total. The topological polar surface area (TPSA) is 101 Å². The summed E-state index contributed by atoms with van der Waals surface area (Å²) in [5.41, 5.74) is 2.18. The van der Waals surface area contributed by atoms with Gasteiger partial charge in [0.2, 0.25) is 21.1 Å². The highest BCUT2D eigenvalue weighted by Gasteiger charge is 2.32. The summed E-state index contributed by atoms with van der Waals surface area (Å²) in [5.74, 6) is 0.261. The number of rotatable bonds is 8. The molecule has 1 atom stereocenters. The van der Waals surface area contributed by atoms with E-state index in [0.29, 0.717) is 15.8 Å². The molecule has 1 heterocycles. The Labute approximate surface area is 185 Å². The summed E-state index contributed by atoms with van der Waals surface area (Å²) in [4.78, 5) is 13.0. The van der Waals surface area contributed by atoms with Gasteiger partial charge in [-0.05, 0) is 55.3 Å². The third-order valence-electron chi connectivity index (χ3n) is 4.58. The lowest BCUT2D eigenvalue weighted by Crippen LogP contribution is -2.47. The summed E-state index contributed by atoms with van der Waals surface area (Å²) in [6.45, 7) is 3.63. The van der Waals surface area contributed by atoms with Crippen molar-refractivity contribution in [2.75, 3.05) is 23.0 Å². The van der Waals surface area contributed by atoms with Gasteiger partial charge in [-0.1, -0.05) is 30.4 Å². The first-order valence-corrected chi connectivity index (χ1v) is 12.2. The summed E-state index contributed by atoms with van der Waals surface area (Å²) < 4.78 is 31.4. The fourth-order valence-corrected chi connectivity index (χ4v) is 5.09. The number of hydrogen-bond donors (Lipinski definition) is 1. The number of ether oxygens (including phenoxy) is 1. The van der Waals surface area contributed by atoms with Crippen LogP contribution in [0, 0.1) is 6.92 Å². The molecule has 164 valence electrons. The molecule has 0 bridgehead atoms. The molecule has 31 heavy (non-hydrogen) atoms. The molecule has 0 aliphatic heterocycles. The van der Waals surface area contributed by atoms with Crippen LogP contribution < -0.4 is 14.4 Å². The molecule has 8 nitrogen and oxygen atoms in total. The van der Waals surface area contributed by atoms with Crippen molar-refractivity contribution in [3.05, 3.63) is 54.1 Å². The van der Waals surface area contributed by atoms with Gasteiger partial charge >= 0.3 is 0 Å². The molecular weight excluding hydrogens is 436 g/mol. The summed E-state index contributed by atoms with van der Waals surface area (Å²) in [7, 11) is -2.11. The average Bonchev–Trinajstić information content (AvgIpc) is 3.19. The van der Waals surface area contributed by atoms with Crippen LogP contribution in [0.25, 0.3) is 10.6 Å². The molecule has 1 aromatic heterocycles. The van der Waals surface area contributed by atoms with E-state index in [-0.39, 0.29) is 6.42 Å². The van der Waals surface area contributed by atoms with E-state index in [9.17, 15) is 13.2 Å². The Balaban J connectivity index is 1.84. The Kier molecular flexibility index (Phi) is 6.91. The molecule has 10 heteroatoms. The number of sulfonamides is 1. The molecule has 0 spiro atoms. The highest BCUT2D eigenvalue weighted by atomic mass is 32.2. The van der Waals surface area contributed by atoms with E-state index in [1.54, 1.807) is 32.2 Å². The third-order valence-corrected chi connectivity index (χ3v) is 6.65. The first-order valence-electron chi connectivity index (χ1n) is 9.57. The van der Waals surface area contributed by atoms with Crippen LogP contribution in [0.5, 0.6) is 5.75 Å². The Hall–Kier alpha value is -2.98. The van der Waals surface area contributed by atoms with Gasteiger partial charge in [0.25, 0.3) is 0 Å². The lowest BCUT2D eigenvalue weighted by Gasteiger charge is -2.30. The number of amides is 1. The van der Waals surface area contributed by atoms with Crippen LogP contribution in [-0.4, -0.2) is 43.9 Å². The number of carbonyl (C=O) groups is 1. The largest absolute Gasteiger partial charge is 0.497 e. The average molecular weight is 461 g/mol. The Bertz CT molecular complexity index is 1160. The second kappa shape index (κ2) is 9.44. The predicted octanol–water partition coefficient (Wildman–Crippen LogP) is 3.71. The van der Waals surface area contributed by atoms with Crippen molar-refractivity contribution in [3.63, 3.8) is 0 Å². The maximum absolute atomic E-state index is 13.0. The third kappa shape index (κ3) is 5.39. The number of anilines is 2. The number of carbonyl (C=O) groups excluding carboxylic acids is 1. The van der Waals surface area contributed by atoms with Crippen LogP contribution in [0.3, 0.4) is 0 Å². The lowest BCUT2D eigenvalue weighted by atomic mass is 10.1. The molecule has 0 saturated carbocycles. The van der Waals surface area contributed by atoms with Crippen LogP contribution in [0.4, 0.5) is 10.8 Å². The second-order valence-electron chi connectivity index (χ2n) is 6.95. The van der Waals surface area contributed by atoms with Crippen molar-refractivity contribution >= 4 is 38.1 Å². The normalized spacial score (nSPS) is 12.3. The maximum Gasteiger partial charge on any atom is 0.250 e. The van der Waals surface area contributed by atoms with E-state index in [2.05, 4.69) is 15.5 Å². The minimum atomic E-state index is -3.70. The molecule has 1 unspecified atom stereocenters. The minimum Gasteiger partial charge on any atom is -0.497 e.